The molecule has 0 aromatic heterocycles. The molecule has 6 nitrogen and oxygen atoms in total. The fraction of sp³-hybridized carbons (Fsp3) is 0.906. The highest BCUT2D eigenvalue weighted by molar-refractivity contribution is 5.66. The number of ether oxygens (including phenoxy) is 2. The molecular formula is C32H53N2O4+. The van der Waals surface area contributed by atoms with Crippen LogP contribution in [0.3, 0.4) is 0 Å². The Balaban J connectivity index is 1.30. The first-order chi connectivity index (χ1) is 18.2. The molecule has 0 aromatic carbocycles. The zero-order chi connectivity index (χ0) is 26.7. The third kappa shape index (κ3) is 4.23. The van der Waals surface area contributed by atoms with Crippen molar-refractivity contribution in [3.63, 3.8) is 0 Å². The van der Waals surface area contributed by atoms with Crippen LogP contribution in [0.15, 0.2) is 12.7 Å². The lowest BCUT2D eigenvalue weighted by molar-refractivity contribution is -0.937. The van der Waals surface area contributed by atoms with Crippen LogP contribution in [0.1, 0.15) is 78.6 Å². The maximum Gasteiger partial charge on any atom is 0.303 e. The van der Waals surface area contributed by atoms with Gasteiger partial charge in [-0.25, -0.2) is 0 Å². The third-order valence-electron chi connectivity index (χ3n) is 13.1. The van der Waals surface area contributed by atoms with E-state index in [1.54, 1.807) is 6.92 Å². The van der Waals surface area contributed by atoms with Gasteiger partial charge in [-0.2, -0.15) is 0 Å². The van der Waals surface area contributed by atoms with E-state index < -0.39 is 0 Å². The van der Waals surface area contributed by atoms with Gasteiger partial charge in [-0.3, -0.25) is 9.69 Å². The van der Waals surface area contributed by atoms with E-state index in [9.17, 15) is 9.90 Å². The largest absolute Gasteiger partial charge is 0.456 e. The molecule has 6 heteroatoms. The summed E-state index contributed by atoms with van der Waals surface area (Å²) in [6.45, 7) is 17.7. The number of carbonyl (C=O) groups is 1. The topological polar surface area (TPSA) is 59.0 Å². The van der Waals surface area contributed by atoms with E-state index in [2.05, 4.69) is 31.4 Å². The normalized spacial score (nSPS) is 48.5. The van der Waals surface area contributed by atoms with Gasteiger partial charge in [0.05, 0.1) is 39.0 Å². The van der Waals surface area contributed by atoms with E-state index in [0.717, 1.165) is 56.6 Å². The van der Waals surface area contributed by atoms with E-state index in [1.807, 2.05) is 0 Å². The Hall–Kier alpha value is -0.950. The Morgan fingerprint density at radius 3 is 2.53 bits per heavy atom. The number of morpholine rings is 1. The molecule has 0 unspecified atom stereocenters. The summed E-state index contributed by atoms with van der Waals surface area (Å²) in [5.41, 5.74) is 0.343. The van der Waals surface area contributed by atoms with Crippen LogP contribution in [0.4, 0.5) is 0 Å². The first-order valence-corrected chi connectivity index (χ1v) is 15.9. The Morgan fingerprint density at radius 2 is 1.84 bits per heavy atom. The lowest BCUT2D eigenvalue weighted by Gasteiger charge is -2.62. The number of aliphatic hydroxyl groups excluding tert-OH is 1. The Labute approximate surface area is 230 Å². The van der Waals surface area contributed by atoms with Crippen LogP contribution in [0, 0.1) is 34.5 Å². The van der Waals surface area contributed by atoms with Gasteiger partial charge in [0, 0.05) is 50.7 Å². The minimum atomic E-state index is -0.209. The molecule has 2 aliphatic heterocycles. The molecule has 4 aliphatic carbocycles. The highest BCUT2D eigenvalue weighted by Gasteiger charge is 2.67. The van der Waals surface area contributed by atoms with Crippen LogP contribution in [0.2, 0.25) is 0 Å². The second-order valence-electron chi connectivity index (χ2n) is 14.6. The lowest BCUT2D eigenvalue weighted by atomic mass is 9.44. The predicted octanol–water partition coefficient (Wildman–Crippen LogP) is 4.41. The van der Waals surface area contributed by atoms with Crippen LogP contribution in [-0.4, -0.2) is 90.7 Å². The summed E-state index contributed by atoms with van der Waals surface area (Å²) in [5.74, 6) is 2.54. The van der Waals surface area contributed by atoms with Gasteiger partial charge in [-0.15, -0.1) is 0 Å². The van der Waals surface area contributed by atoms with Gasteiger partial charge in [-0.1, -0.05) is 20.4 Å². The second kappa shape index (κ2) is 10.2. The molecule has 1 N–H and O–H groups in total. The van der Waals surface area contributed by atoms with E-state index in [-0.39, 0.29) is 35.0 Å². The van der Waals surface area contributed by atoms with E-state index in [4.69, 9.17) is 9.47 Å². The average Bonchev–Trinajstić information content (AvgIpc) is 3.48. The number of hydrogen-bond donors (Lipinski definition) is 1. The maximum absolute atomic E-state index is 12.5. The van der Waals surface area contributed by atoms with E-state index >= 15 is 0 Å². The van der Waals surface area contributed by atoms with Gasteiger partial charge in [0.1, 0.15) is 6.04 Å². The smallest absolute Gasteiger partial charge is 0.303 e. The van der Waals surface area contributed by atoms with Crippen molar-refractivity contribution in [2.24, 2.45) is 34.5 Å². The molecule has 6 rings (SSSR count). The summed E-state index contributed by atoms with van der Waals surface area (Å²) >= 11 is 0. The molecule has 0 spiro atoms. The highest BCUT2D eigenvalue weighted by atomic mass is 16.5. The average molecular weight is 530 g/mol. The van der Waals surface area contributed by atoms with Gasteiger partial charge in [0.25, 0.3) is 0 Å². The molecule has 0 amide bonds. The summed E-state index contributed by atoms with van der Waals surface area (Å²) in [7, 11) is 0. The van der Waals surface area contributed by atoms with Crippen molar-refractivity contribution >= 4 is 5.97 Å². The minimum Gasteiger partial charge on any atom is -0.456 e. The quantitative estimate of drug-likeness (QED) is 0.325. The third-order valence-corrected chi connectivity index (χ3v) is 13.1. The molecule has 214 valence electrons. The Kier molecular flexibility index (Phi) is 7.27. The number of quaternary nitrogens is 1. The fourth-order valence-corrected chi connectivity index (χ4v) is 11.3. The van der Waals surface area contributed by atoms with Crippen LogP contribution >= 0.6 is 0 Å². The number of hydrogen-bond acceptors (Lipinski definition) is 5. The summed E-state index contributed by atoms with van der Waals surface area (Å²) in [5, 5.41) is 11.3. The van der Waals surface area contributed by atoms with E-state index in [1.165, 1.54) is 51.6 Å². The SMILES string of the molecule is C=CC[N+]1([C@H]2C[C@@H]3[C@H]4CC[C@H]5C[C@H](O)[C@@H](N6CCOCC6)C[C@]5(C)[C@@H]4CC[C@]3(C)[C@H]2OC(C)=O)CCCC1. The van der Waals surface area contributed by atoms with Crippen LogP contribution < -0.4 is 0 Å². The molecule has 2 heterocycles. The summed E-state index contributed by atoms with van der Waals surface area (Å²) in [4.78, 5) is 15.0. The Bertz CT molecular complexity index is 898. The Morgan fingerprint density at radius 1 is 1.11 bits per heavy atom. The predicted molar refractivity (Wildman–Crippen MR) is 148 cm³/mol. The first kappa shape index (κ1) is 27.2. The number of likely N-dealkylation sites (tertiary alicyclic amines) is 1. The van der Waals surface area contributed by atoms with Gasteiger partial charge in [0.2, 0.25) is 0 Å². The molecule has 0 aromatic rings. The zero-order valence-electron chi connectivity index (χ0n) is 24.3. The first-order valence-electron chi connectivity index (χ1n) is 15.9. The molecule has 2 saturated heterocycles. The van der Waals surface area contributed by atoms with Crippen LogP contribution in [0.5, 0.6) is 0 Å². The fourth-order valence-electron chi connectivity index (χ4n) is 11.3. The van der Waals surface area contributed by atoms with Crippen LogP contribution in [-0.2, 0) is 14.3 Å². The number of carbonyl (C=O) groups excluding carboxylic acids is 1. The van der Waals surface area contributed by atoms with Gasteiger partial charge in [-0.05, 0) is 73.7 Å². The summed E-state index contributed by atoms with van der Waals surface area (Å²) in [6, 6.07) is 0.663. The molecule has 6 fully saturated rings. The van der Waals surface area contributed by atoms with Gasteiger partial charge >= 0.3 is 5.97 Å². The minimum absolute atomic E-state index is 0.0174. The van der Waals surface area contributed by atoms with Crippen molar-refractivity contribution < 1.29 is 23.9 Å². The van der Waals surface area contributed by atoms with Crippen molar-refractivity contribution in [2.75, 3.05) is 45.9 Å². The molecule has 0 bridgehead atoms. The standard InChI is InChI=1S/C32H53N2O4/c1-5-14-34(15-6-7-16-34)28-20-26-24-9-8-23-19-29(36)27(33-12-17-37-18-13-33)21-32(23,4)25(24)10-11-31(26,3)30(28)38-22(2)35/h5,23-30,36H,1,6-21H2,2-4H3/q+1/t23-,24-,25+,26+,27-,28-,29-,30-,31-,32-/m0/s1. The number of esters is 1. The number of rotatable bonds is 5. The molecule has 4 saturated carbocycles. The van der Waals surface area contributed by atoms with Crippen molar-refractivity contribution in [3.8, 4) is 0 Å². The second-order valence-corrected chi connectivity index (χ2v) is 14.6. The van der Waals surface area contributed by atoms with Gasteiger partial charge in [0.15, 0.2) is 6.10 Å². The van der Waals surface area contributed by atoms with E-state index in [0.29, 0.717) is 29.7 Å². The maximum atomic E-state index is 12.5. The highest BCUT2D eigenvalue weighted by Crippen LogP contribution is 2.67. The number of nitrogens with zero attached hydrogens (tertiary/aromatic N) is 2. The zero-order valence-corrected chi connectivity index (χ0v) is 24.3. The van der Waals surface area contributed by atoms with Gasteiger partial charge < -0.3 is 19.1 Å². The van der Waals surface area contributed by atoms with Crippen molar-refractivity contribution in [1.29, 1.82) is 0 Å². The molecule has 38 heavy (non-hydrogen) atoms. The van der Waals surface area contributed by atoms with Crippen LogP contribution in [0.25, 0.3) is 0 Å². The monoisotopic (exact) mass is 529 g/mol. The van der Waals surface area contributed by atoms with Crippen molar-refractivity contribution in [2.45, 2.75) is 103 Å². The molecule has 0 radical (unpaired) electrons. The van der Waals surface area contributed by atoms with Crippen molar-refractivity contribution in [1.82, 2.24) is 4.90 Å². The summed E-state index contributed by atoms with van der Waals surface area (Å²) < 4.78 is 13.1. The molecular weight excluding hydrogens is 476 g/mol. The lowest BCUT2D eigenvalue weighted by Crippen LogP contribution is -2.61. The molecule has 10 atom stereocenters. The summed E-state index contributed by atoms with van der Waals surface area (Å²) in [6.07, 6.45) is 12.7. The molecule has 6 aliphatic rings. The number of aliphatic hydroxyl groups is 1. The number of fused-ring (bicyclic) bond motifs is 5. The van der Waals surface area contributed by atoms with Crippen molar-refractivity contribution in [3.05, 3.63) is 12.7 Å².